The molecular formula is C13H18N4O3. The Morgan fingerprint density at radius 1 is 1.60 bits per heavy atom. The Labute approximate surface area is 117 Å². The fraction of sp³-hybridized carbons (Fsp3) is 0.692. The van der Waals surface area contributed by atoms with E-state index in [0.717, 1.165) is 12.8 Å². The first-order valence-corrected chi connectivity index (χ1v) is 6.76. The minimum atomic E-state index is -0.890. The molecule has 1 aliphatic heterocycles. The molecule has 0 radical (unpaired) electrons. The molecule has 1 saturated carbocycles. The number of amides is 4. The fourth-order valence-corrected chi connectivity index (χ4v) is 3.13. The minimum Gasteiger partial charge on any atom is -0.341 e. The summed E-state index contributed by atoms with van der Waals surface area (Å²) in [5, 5.41) is 13.1. The van der Waals surface area contributed by atoms with E-state index < -0.39 is 17.5 Å². The van der Waals surface area contributed by atoms with E-state index in [1.54, 1.807) is 6.07 Å². The first-order chi connectivity index (χ1) is 9.49. The van der Waals surface area contributed by atoms with Crippen LogP contribution in [-0.4, -0.2) is 41.4 Å². The van der Waals surface area contributed by atoms with Gasteiger partial charge < -0.3 is 10.2 Å². The maximum Gasteiger partial charge on any atom is 0.325 e. The predicted octanol–water partition coefficient (Wildman–Crippen LogP) is 0.127. The molecule has 2 rings (SSSR count). The lowest BCUT2D eigenvalue weighted by Crippen LogP contribution is -2.55. The standard InChI is InChI=1S/C13H18N4O3/c1-9-3-2-4-13(7-9)11(19)16-12(20)17(13)8-10(18)15-6-5-14/h9H,2-4,6-8H2,1H3,(H,15,18)(H,16,19,20). The number of carbonyl (C=O) groups excluding carboxylic acids is 3. The van der Waals surface area contributed by atoms with Gasteiger partial charge in [-0.15, -0.1) is 0 Å². The monoisotopic (exact) mass is 278 g/mol. The summed E-state index contributed by atoms with van der Waals surface area (Å²) in [6.07, 6.45) is 3.05. The molecule has 1 spiro atoms. The van der Waals surface area contributed by atoms with E-state index in [0.29, 0.717) is 18.8 Å². The topological polar surface area (TPSA) is 102 Å². The van der Waals surface area contributed by atoms with Gasteiger partial charge in [0.1, 0.15) is 18.6 Å². The Bertz CT molecular complexity index is 484. The number of nitriles is 1. The molecule has 0 aromatic carbocycles. The molecule has 0 aromatic rings. The van der Waals surface area contributed by atoms with Gasteiger partial charge in [-0.2, -0.15) is 5.26 Å². The summed E-state index contributed by atoms with van der Waals surface area (Å²) in [4.78, 5) is 37.1. The summed E-state index contributed by atoms with van der Waals surface area (Å²) >= 11 is 0. The van der Waals surface area contributed by atoms with Crippen molar-refractivity contribution in [2.75, 3.05) is 13.1 Å². The third-order valence-electron chi connectivity index (χ3n) is 4.04. The zero-order valence-corrected chi connectivity index (χ0v) is 11.4. The lowest BCUT2D eigenvalue weighted by Gasteiger charge is -2.40. The summed E-state index contributed by atoms with van der Waals surface area (Å²) in [7, 11) is 0. The second-order valence-electron chi connectivity index (χ2n) is 5.51. The van der Waals surface area contributed by atoms with E-state index in [1.807, 2.05) is 6.92 Å². The Morgan fingerprint density at radius 3 is 3.00 bits per heavy atom. The Balaban J connectivity index is 2.16. The van der Waals surface area contributed by atoms with Gasteiger partial charge in [-0.3, -0.25) is 14.9 Å². The van der Waals surface area contributed by atoms with Crippen LogP contribution in [0.15, 0.2) is 0 Å². The highest BCUT2D eigenvalue weighted by molar-refractivity contribution is 6.08. The van der Waals surface area contributed by atoms with Crippen LogP contribution in [0.5, 0.6) is 0 Å². The molecule has 7 heteroatoms. The molecule has 0 bridgehead atoms. The van der Waals surface area contributed by atoms with Crippen molar-refractivity contribution < 1.29 is 14.4 Å². The van der Waals surface area contributed by atoms with Crippen molar-refractivity contribution in [3.63, 3.8) is 0 Å². The van der Waals surface area contributed by atoms with Gasteiger partial charge in [-0.05, 0) is 18.8 Å². The second-order valence-corrected chi connectivity index (χ2v) is 5.51. The van der Waals surface area contributed by atoms with E-state index in [1.165, 1.54) is 4.90 Å². The first kappa shape index (κ1) is 14.3. The van der Waals surface area contributed by atoms with E-state index in [4.69, 9.17) is 5.26 Å². The van der Waals surface area contributed by atoms with Gasteiger partial charge in [-0.1, -0.05) is 19.8 Å². The number of nitrogens with zero attached hydrogens (tertiary/aromatic N) is 2. The molecule has 2 fully saturated rings. The van der Waals surface area contributed by atoms with Crippen LogP contribution < -0.4 is 10.6 Å². The molecule has 1 aliphatic carbocycles. The van der Waals surface area contributed by atoms with Gasteiger partial charge >= 0.3 is 6.03 Å². The third-order valence-corrected chi connectivity index (χ3v) is 4.04. The normalized spacial score (nSPS) is 29.2. The molecule has 2 unspecified atom stereocenters. The lowest BCUT2D eigenvalue weighted by molar-refractivity contribution is -0.130. The molecule has 2 N–H and O–H groups in total. The third kappa shape index (κ3) is 2.46. The van der Waals surface area contributed by atoms with Crippen LogP contribution in [-0.2, 0) is 9.59 Å². The van der Waals surface area contributed by atoms with Gasteiger partial charge in [0, 0.05) is 0 Å². The van der Waals surface area contributed by atoms with Gasteiger partial charge in [0.2, 0.25) is 5.91 Å². The number of carbonyl (C=O) groups is 3. The van der Waals surface area contributed by atoms with Crippen LogP contribution in [0.25, 0.3) is 0 Å². The molecule has 108 valence electrons. The van der Waals surface area contributed by atoms with Crippen molar-refractivity contribution in [1.29, 1.82) is 5.26 Å². The van der Waals surface area contributed by atoms with Crippen LogP contribution in [0.3, 0.4) is 0 Å². The molecule has 1 heterocycles. The fourth-order valence-electron chi connectivity index (χ4n) is 3.13. The molecule has 7 nitrogen and oxygen atoms in total. The van der Waals surface area contributed by atoms with E-state index in [9.17, 15) is 14.4 Å². The number of hydrogen-bond acceptors (Lipinski definition) is 4. The van der Waals surface area contributed by atoms with Crippen molar-refractivity contribution >= 4 is 17.8 Å². The Hall–Kier alpha value is -2.10. The van der Waals surface area contributed by atoms with Crippen LogP contribution in [0.2, 0.25) is 0 Å². The number of nitrogens with one attached hydrogen (secondary N) is 2. The quantitative estimate of drug-likeness (QED) is 0.565. The summed E-state index contributed by atoms with van der Waals surface area (Å²) in [6.45, 7) is 1.75. The van der Waals surface area contributed by atoms with Crippen molar-refractivity contribution in [2.45, 2.75) is 38.1 Å². The number of imide groups is 1. The van der Waals surface area contributed by atoms with Crippen molar-refractivity contribution in [1.82, 2.24) is 15.5 Å². The highest BCUT2D eigenvalue weighted by atomic mass is 16.2. The van der Waals surface area contributed by atoms with Crippen LogP contribution >= 0.6 is 0 Å². The first-order valence-electron chi connectivity index (χ1n) is 6.76. The molecule has 20 heavy (non-hydrogen) atoms. The summed E-state index contributed by atoms with van der Waals surface area (Å²) in [5.41, 5.74) is -0.890. The van der Waals surface area contributed by atoms with Crippen LogP contribution in [0.1, 0.15) is 32.6 Å². The van der Waals surface area contributed by atoms with E-state index >= 15 is 0 Å². The van der Waals surface area contributed by atoms with Gasteiger partial charge in [-0.25, -0.2) is 4.79 Å². The number of hydrogen-bond donors (Lipinski definition) is 2. The highest BCUT2D eigenvalue weighted by Gasteiger charge is 2.54. The van der Waals surface area contributed by atoms with Crippen molar-refractivity contribution in [2.24, 2.45) is 5.92 Å². The smallest absolute Gasteiger partial charge is 0.325 e. The zero-order valence-electron chi connectivity index (χ0n) is 11.4. The maximum atomic E-state index is 12.2. The average Bonchev–Trinajstić information content (AvgIpc) is 2.61. The SMILES string of the molecule is CC1CCCC2(C1)C(=O)NC(=O)N2CC(=O)NCC#N. The second kappa shape index (κ2) is 5.49. The largest absolute Gasteiger partial charge is 0.341 e. The summed E-state index contributed by atoms with van der Waals surface area (Å²) in [6, 6.07) is 1.29. The lowest BCUT2D eigenvalue weighted by atomic mass is 9.75. The minimum absolute atomic E-state index is 0.106. The number of rotatable bonds is 3. The Kier molecular flexibility index (Phi) is 3.93. The summed E-state index contributed by atoms with van der Waals surface area (Å²) in [5.74, 6) is -0.388. The van der Waals surface area contributed by atoms with E-state index in [-0.39, 0.29) is 19.0 Å². The van der Waals surface area contributed by atoms with Gasteiger partial charge in [0.05, 0.1) is 6.07 Å². The van der Waals surface area contributed by atoms with Crippen molar-refractivity contribution in [3.8, 4) is 6.07 Å². The van der Waals surface area contributed by atoms with Gasteiger partial charge in [0.25, 0.3) is 5.91 Å². The average molecular weight is 278 g/mol. The molecule has 2 aliphatic rings. The van der Waals surface area contributed by atoms with Gasteiger partial charge in [0.15, 0.2) is 0 Å². The molecule has 1 saturated heterocycles. The Morgan fingerprint density at radius 2 is 2.35 bits per heavy atom. The predicted molar refractivity (Wildman–Crippen MR) is 69.2 cm³/mol. The van der Waals surface area contributed by atoms with Crippen molar-refractivity contribution in [3.05, 3.63) is 0 Å². The van der Waals surface area contributed by atoms with E-state index in [2.05, 4.69) is 10.6 Å². The van der Waals surface area contributed by atoms with Crippen LogP contribution in [0.4, 0.5) is 4.79 Å². The highest BCUT2D eigenvalue weighted by Crippen LogP contribution is 2.39. The number of urea groups is 1. The maximum absolute atomic E-state index is 12.2. The van der Waals surface area contributed by atoms with Crippen LogP contribution in [0, 0.1) is 17.2 Å². The molecule has 0 aromatic heterocycles. The summed E-state index contributed by atoms with van der Waals surface area (Å²) < 4.78 is 0. The zero-order chi connectivity index (χ0) is 14.8. The molecule has 4 amide bonds. The molecule has 2 atom stereocenters. The molecular weight excluding hydrogens is 260 g/mol.